The number of amides is 2. The summed E-state index contributed by atoms with van der Waals surface area (Å²) < 4.78 is 5.70. The molecular weight excluding hydrogens is 328 g/mol. The van der Waals surface area contributed by atoms with E-state index >= 15 is 0 Å². The van der Waals surface area contributed by atoms with E-state index in [1.165, 1.54) is 13.3 Å². The number of hydrogen-bond acceptors (Lipinski definition) is 4. The fraction of sp³-hybridized carbons (Fsp3) is 0.0833. The van der Waals surface area contributed by atoms with E-state index in [-0.39, 0.29) is 11.4 Å². The Hall–Kier alpha value is -2.35. The van der Waals surface area contributed by atoms with Gasteiger partial charge in [0.05, 0.1) is 7.11 Å². The molecular formula is C12H11BrN4O3. The van der Waals surface area contributed by atoms with E-state index in [4.69, 9.17) is 4.74 Å². The van der Waals surface area contributed by atoms with Crippen LogP contribution in [0.25, 0.3) is 0 Å². The molecule has 0 saturated carbocycles. The Morgan fingerprint density at radius 2 is 2.10 bits per heavy atom. The molecule has 2 rings (SSSR count). The van der Waals surface area contributed by atoms with Gasteiger partial charge < -0.3 is 9.72 Å². The Balaban J connectivity index is 2.00. The van der Waals surface area contributed by atoms with E-state index in [9.17, 15) is 9.59 Å². The minimum Gasteiger partial charge on any atom is -0.480 e. The zero-order chi connectivity index (χ0) is 14.5. The van der Waals surface area contributed by atoms with Gasteiger partial charge in [0.1, 0.15) is 11.3 Å². The molecule has 0 aromatic carbocycles. The Morgan fingerprint density at radius 1 is 1.35 bits per heavy atom. The number of hydrazine groups is 1. The first kappa shape index (κ1) is 14.1. The van der Waals surface area contributed by atoms with Crippen molar-refractivity contribution < 1.29 is 14.3 Å². The lowest BCUT2D eigenvalue weighted by molar-refractivity contribution is 0.0842. The zero-order valence-electron chi connectivity index (χ0n) is 10.4. The van der Waals surface area contributed by atoms with E-state index < -0.39 is 11.8 Å². The average molecular weight is 339 g/mol. The smallest absolute Gasteiger partial charge is 0.286 e. The number of halogens is 1. The number of carbonyl (C=O) groups is 2. The summed E-state index contributed by atoms with van der Waals surface area (Å²) >= 11 is 3.21. The molecule has 20 heavy (non-hydrogen) atoms. The predicted molar refractivity (Wildman–Crippen MR) is 74.2 cm³/mol. The molecule has 0 saturated heterocycles. The summed E-state index contributed by atoms with van der Waals surface area (Å²) in [6.45, 7) is 0. The lowest BCUT2D eigenvalue weighted by Crippen LogP contribution is -2.41. The van der Waals surface area contributed by atoms with Crippen LogP contribution in [0.5, 0.6) is 5.88 Å². The fourth-order valence-electron chi connectivity index (χ4n) is 1.47. The molecule has 8 heteroatoms. The van der Waals surface area contributed by atoms with Gasteiger partial charge in [0.2, 0.25) is 5.88 Å². The molecule has 0 aliphatic rings. The van der Waals surface area contributed by atoms with Gasteiger partial charge in [-0.15, -0.1) is 0 Å². The molecule has 0 aliphatic carbocycles. The molecule has 0 spiro atoms. The summed E-state index contributed by atoms with van der Waals surface area (Å²) in [6.07, 6.45) is 3.12. The first-order chi connectivity index (χ1) is 9.61. The summed E-state index contributed by atoms with van der Waals surface area (Å²) in [5.74, 6) is -0.803. The number of nitrogens with one attached hydrogen (secondary N) is 3. The maximum atomic E-state index is 11.9. The lowest BCUT2D eigenvalue weighted by Gasteiger charge is -2.08. The van der Waals surface area contributed by atoms with Crippen molar-refractivity contribution in [2.45, 2.75) is 0 Å². The van der Waals surface area contributed by atoms with Crippen molar-refractivity contribution in [3.8, 4) is 5.88 Å². The van der Waals surface area contributed by atoms with Gasteiger partial charge in [0.15, 0.2) is 0 Å². The summed E-state index contributed by atoms with van der Waals surface area (Å²) in [5, 5.41) is 0. The average Bonchev–Trinajstić information content (AvgIpc) is 2.91. The van der Waals surface area contributed by atoms with Crippen LogP contribution in [0.15, 0.2) is 35.1 Å². The van der Waals surface area contributed by atoms with Crippen LogP contribution in [0.1, 0.15) is 20.8 Å². The number of H-pyrrole nitrogens is 1. The van der Waals surface area contributed by atoms with Crippen LogP contribution < -0.4 is 15.6 Å². The zero-order valence-corrected chi connectivity index (χ0v) is 12.0. The highest BCUT2D eigenvalue weighted by Crippen LogP contribution is 2.13. The monoisotopic (exact) mass is 338 g/mol. The van der Waals surface area contributed by atoms with Crippen molar-refractivity contribution in [3.05, 3.63) is 46.3 Å². The van der Waals surface area contributed by atoms with Crippen LogP contribution in [0.4, 0.5) is 0 Å². The van der Waals surface area contributed by atoms with Gasteiger partial charge in [-0.3, -0.25) is 20.4 Å². The first-order valence-corrected chi connectivity index (χ1v) is 6.34. The predicted octanol–water partition coefficient (Wildman–Crippen LogP) is 1.26. The molecule has 0 unspecified atom stereocenters. The number of carbonyl (C=O) groups excluding carboxylic acids is 2. The highest BCUT2D eigenvalue weighted by Gasteiger charge is 2.14. The molecule has 104 valence electrons. The van der Waals surface area contributed by atoms with Crippen molar-refractivity contribution in [3.63, 3.8) is 0 Å². The molecule has 2 aromatic rings. The minimum atomic E-state index is -0.520. The topological polar surface area (TPSA) is 96.1 Å². The van der Waals surface area contributed by atoms with E-state index in [0.29, 0.717) is 5.69 Å². The highest BCUT2D eigenvalue weighted by atomic mass is 79.9. The first-order valence-electron chi connectivity index (χ1n) is 5.55. The third kappa shape index (κ3) is 3.15. The number of rotatable bonds is 3. The number of hydrogen-bond donors (Lipinski definition) is 3. The minimum absolute atomic E-state index is 0.182. The van der Waals surface area contributed by atoms with Crippen LogP contribution in [0.2, 0.25) is 0 Å². The molecule has 2 heterocycles. The van der Waals surface area contributed by atoms with Crippen LogP contribution in [-0.4, -0.2) is 28.9 Å². The molecule has 0 bridgehead atoms. The standard InChI is InChI=1S/C12H11BrN4O3/c1-20-12-8(3-2-4-14-12)10(18)16-17-11(19)9-5-7(13)6-15-9/h2-6,15H,1H3,(H,16,18)(H,17,19). The number of ether oxygens (including phenoxy) is 1. The Bertz CT molecular complexity index is 641. The number of methoxy groups -OCH3 is 1. The van der Waals surface area contributed by atoms with Gasteiger partial charge in [0.25, 0.3) is 11.8 Å². The third-order valence-electron chi connectivity index (χ3n) is 2.39. The normalized spacial score (nSPS) is 9.90. The molecule has 0 radical (unpaired) electrons. The van der Waals surface area contributed by atoms with Gasteiger partial charge >= 0.3 is 0 Å². The van der Waals surface area contributed by atoms with E-state index in [2.05, 4.69) is 36.7 Å². The summed E-state index contributed by atoms with van der Waals surface area (Å²) in [5.41, 5.74) is 5.12. The molecule has 7 nitrogen and oxygen atoms in total. The van der Waals surface area contributed by atoms with Crippen LogP contribution in [0, 0.1) is 0 Å². The quantitative estimate of drug-likeness (QED) is 0.734. The Kier molecular flexibility index (Phi) is 4.36. The number of nitrogens with zero attached hydrogens (tertiary/aromatic N) is 1. The molecule has 0 atom stereocenters. The van der Waals surface area contributed by atoms with Gasteiger partial charge in [0, 0.05) is 16.9 Å². The summed E-state index contributed by atoms with van der Waals surface area (Å²) in [6, 6.07) is 4.73. The van der Waals surface area contributed by atoms with Crippen LogP contribution in [0.3, 0.4) is 0 Å². The van der Waals surface area contributed by atoms with Crippen molar-refractivity contribution in [2.24, 2.45) is 0 Å². The molecule has 0 fully saturated rings. The maximum absolute atomic E-state index is 11.9. The fourth-order valence-corrected chi connectivity index (χ4v) is 1.82. The molecule has 0 aliphatic heterocycles. The second kappa shape index (κ2) is 6.20. The highest BCUT2D eigenvalue weighted by molar-refractivity contribution is 9.10. The second-order valence-corrected chi connectivity index (χ2v) is 4.62. The van der Waals surface area contributed by atoms with Gasteiger partial charge in [-0.1, -0.05) is 0 Å². The third-order valence-corrected chi connectivity index (χ3v) is 2.85. The number of aromatic amines is 1. The Morgan fingerprint density at radius 3 is 2.75 bits per heavy atom. The number of pyridine rings is 1. The van der Waals surface area contributed by atoms with Crippen molar-refractivity contribution in [2.75, 3.05) is 7.11 Å². The van der Waals surface area contributed by atoms with Crippen LogP contribution >= 0.6 is 15.9 Å². The van der Waals surface area contributed by atoms with Crippen LogP contribution in [-0.2, 0) is 0 Å². The molecule has 3 N–H and O–H groups in total. The summed E-state index contributed by atoms with van der Waals surface area (Å²) in [7, 11) is 1.41. The van der Waals surface area contributed by atoms with Crippen molar-refractivity contribution >= 4 is 27.7 Å². The molecule has 2 aromatic heterocycles. The van der Waals surface area contributed by atoms with E-state index in [1.54, 1.807) is 24.4 Å². The second-order valence-electron chi connectivity index (χ2n) is 3.70. The van der Waals surface area contributed by atoms with Crippen molar-refractivity contribution in [1.29, 1.82) is 0 Å². The van der Waals surface area contributed by atoms with Gasteiger partial charge in [-0.2, -0.15) is 0 Å². The lowest BCUT2D eigenvalue weighted by atomic mass is 10.2. The molecule has 2 amide bonds. The number of aromatic nitrogens is 2. The van der Waals surface area contributed by atoms with Crippen molar-refractivity contribution in [1.82, 2.24) is 20.8 Å². The van der Waals surface area contributed by atoms with Gasteiger partial charge in [-0.25, -0.2) is 4.98 Å². The maximum Gasteiger partial charge on any atom is 0.286 e. The van der Waals surface area contributed by atoms with E-state index in [1.807, 2.05) is 0 Å². The largest absolute Gasteiger partial charge is 0.480 e. The Labute approximate surface area is 122 Å². The van der Waals surface area contributed by atoms with Gasteiger partial charge in [-0.05, 0) is 34.1 Å². The summed E-state index contributed by atoms with van der Waals surface area (Å²) in [4.78, 5) is 30.3. The van der Waals surface area contributed by atoms with E-state index in [0.717, 1.165) is 4.47 Å². The SMILES string of the molecule is COc1ncccc1C(=O)NNC(=O)c1cc(Br)c[nH]1.